The fraction of sp³-hybridized carbons (Fsp3) is 0.533. The van der Waals surface area contributed by atoms with Crippen molar-refractivity contribution in [2.75, 3.05) is 14.2 Å². The molecule has 2 aliphatic rings. The highest BCUT2D eigenvalue weighted by atomic mass is 35.5. The minimum absolute atomic E-state index is 0.277. The van der Waals surface area contributed by atoms with Crippen LogP contribution in [0.25, 0.3) is 0 Å². The molecular weight excluding hydrogens is 340 g/mol. The van der Waals surface area contributed by atoms with Crippen molar-refractivity contribution in [2.24, 2.45) is 11.8 Å². The van der Waals surface area contributed by atoms with Gasteiger partial charge in [0, 0.05) is 11.9 Å². The van der Waals surface area contributed by atoms with Gasteiger partial charge in [-0.3, -0.25) is 24.6 Å². The summed E-state index contributed by atoms with van der Waals surface area (Å²) in [5.41, 5.74) is -1.20. The van der Waals surface area contributed by atoms with E-state index in [1.54, 1.807) is 13.0 Å². The van der Waals surface area contributed by atoms with Crippen LogP contribution in [-0.2, 0) is 19.1 Å². The van der Waals surface area contributed by atoms with Crippen LogP contribution in [0.4, 0.5) is 0 Å². The molecular formula is C15H17ClN2O4S. The number of imide groups is 1. The van der Waals surface area contributed by atoms with E-state index in [1.165, 1.54) is 25.5 Å². The van der Waals surface area contributed by atoms with E-state index in [2.05, 4.69) is 5.32 Å². The summed E-state index contributed by atoms with van der Waals surface area (Å²) in [7, 11) is 2.75. The molecule has 8 heteroatoms. The molecule has 124 valence electrons. The molecule has 1 N–H and O–H groups in total. The molecule has 2 fully saturated rings. The number of carbonyl (C=O) groups is 3. The van der Waals surface area contributed by atoms with E-state index < -0.39 is 29.4 Å². The van der Waals surface area contributed by atoms with Crippen LogP contribution >= 0.6 is 22.9 Å². The summed E-state index contributed by atoms with van der Waals surface area (Å²) < 4.78 is 5.53. The average molecular weight is 357 g/mol. The van der Waals surface area contributed by atoms with Gasteiger partial charge in [-0.05, 0) is 18.6 Å². The smallest absolute Gasteiger partial charge is 0.326 e. The Bertz CT molecular complexity index is 691. The zero-order chi connectivity index (χ0) is 16.9. The number of rotatable bonds is 3. The fourth-order valence-corrected chi connectivity index (χ4v) is 4.88. The minimum Gasteiger partial charge on any atom is -0.468 e. The van der Waals surface area contributed by atoms with Crippen LogP contribution in [0.3, 0.4) is 0 Å². The van der Waals surface area contributed by atoms with Crippen molar-refractivity contribution in [1.29, 1.82) is 0 Å². The third-order valence-electron chi connectivity index (χ3n) is 4.88. The maximum atomic E-state index is 12.6. The number of hydrogen-bond donors (Lipinski definition) is 1. The van der Waals surface area contributed by atoms with E-state index >= 15 is 0 Å². The Morgan fingerprint density at radius 3 is 2.65 bits per heavy atom. The van der Waals surface area contributed by atoms with Gasteiger partial charge >= 0.3 is 5.97 Å². The lowest BCUT2D eigenvalue weighted by Crippen LogP contribution is -2.55. The van der Waals surface area contributed by atoms with E-state index in [4.69, 9.17) is 16.3 Å². The average Bonchev–Trinajstić information content (AvgIpc) is 3.18. The van der Waals surface area contributed by atoms with Gasteiger partial charge in [-0.1, -0.05) is 18.5 Å². The molecule has 3 heterocycles. The molecule has 1 aromatic rings. The van der Waals surface area contributed by atoms with Crippen molar-refractivity contribution in [3.05, 3.63) is 21.3 Å². The molecule has 2 amide bonds. The summed E-state index contributed by atoms with van der Waals surface area (Å²) in [6.45, 7) is 1.81. The van der Waals surface area contributed by atoms with Gasteiger partial charge in [-0.2, -0.15) is 0 Å². The van der Waals surface area contributed by atoms with Crippen molar-refractivity contribution in [3.63, 3.8) is 0 Å². The van der Waals surface area contributed by atoms with Crippen molar-refractivity contribution in [1.82, 2.24) is 10.2 Å². The standard InChI is InChI=1S/C15H17ClN2O4S/c1-4-15(14(21)22-3)10-9(12(19)18(2)13(10)20)11(17-15)7-5-6-8(16)23-7/h5-6,9-11,17H,4H2,1-3H3/t9-,10-,11-,15-/m0/s1. The molecule has 0 spiro atoms. The predicted molar refractivity (Wildman–Crippen MR) is 85.0 cm³/mol. The lowest BCUT2D eigenvalue weighted by molar-refractivity contribution is -0.154. The molecule has 0 saturated carbocycles. The van der Waals surface area contributed by atoms with Crippen molar-refractivity contribution in [3.8, 4) is 0 Å². The van der Waals surface area contributed by atoms with Crippen LogP contribution in [0.1, 0.15) is 24.3 Å². The molecule has 0 unspecified atom stereocenters. The summed E-state index contributed by atoms with van der Waals surface area (Å²) in [4.78, 5) is 39.6. The summed E-state index contributed by atoms with van der Waals surface area (Å²) in [6, 6.07) is 3.13. The number of nitrogens with one attached hydrogen (secondary N) is 1. The molecule has 0 radical (unpaired) electrons. The first kappa shape index (κ1) is 16.4. The van der Waals surface area contributed by atoms with Crippen LogP contribution in [-0.4, -0.2) is 42.4 Å². The normalized spacial score (nSPS) is 33.2. The van der Waals surface area contributed by atoms with Gasteiger partial charge in [0.1, 0.15) is 5.54 Å². The lowest BCUT2D eigenvalue weighted by Gasteiger charge is -2.30. The number of halogens is 1. The Labute approximate surface area is 142 Å². The van der Waals surface area contributed by atoms with Crippen LogP contribution < -0.4 is 5.32 Å². The van der Waals surface area contributed by atoms with Gasteiger partial charge < -0.3 is 4.74 Å². The highest BCUT2D eigenvalue weighted by Crippen LogP contribution is 2.51. The summed E-state index contributed by atoms with van der Waals surface area (Å²) in [5, 5.41) is 3.23. The summed E-state index contributed by atoms with van der Waals surface area (Å²) in [5.74, 6) is -2.52. The zero-order valence-corrected chi connectivity index (χ0v) is 14.5. The highest BCUT2D eigenvalue weighted by Gasteiger charge is 2.67. The van der Waals surface area contributed by atoms with E-state index in [0.717, 1.165) is 9.78 Å². The zero-order valence-electron chi connectivity index (χ0n) is 13.0. The second-order valence-electron chi connectivity index (χ2n) is 5.82. The fourth-order valence-electron chi connectivity index (χ4n) is 3.72. The molecule has 2 saturated heterocycles. The minimum atomic E-state index is -1.20. The van der Waals surface area contributed by atoms with Crippen LogP contribution in [0.5, 0.6) is 0 Å². The van der Waals surface area contributed by atoms with Gasteiger partial charge in [-0.25, -0.2) is 0 Å². The van der Waals surface area contributed by atoms with Crippen molar-refractivity contribution in [2.45, 2.75) is 24.9 Å². The second kappa shape index (κ2) is 5.58. The molecule has 0 aromatic carbocycles. The molecule has 2 aliphatic heterocycles. The van der Waals surface area contributed by atoms with Gasteiger partial charge in [0.25, 0.3) is 0 Å². The monoisotopic (exact) mass is 356 g/mol. The SMILES string of the molecule is CC[C@]1(C(=O)OC)N[C@@H](c2ccc(Cl)s2)[C@H]2C(=O)N(C)C(=O)[C@H]21. The Kier molecular flexibility index (Phi) is 3.98. The van der Waals surface area contributed by atoms with E-state index in [0.29, 0.717) is 10.8 Å². The molecule has 4 atom stereocenters. The predicted octanol–water partition coefficient (Wildman–Crippen LogP) is 1.60. The molecule has 1 aromatic heterocycles. The van der Waals surface area contributed by atoms with Gasteiger partial charge in [0.2, 0.25) is 11.8 Å². The summed E-state index contributed by atoms with van der Waals surface area (Å²) in [6.07, 6.45) is 0.351. The van der Waals surface area contributed by atoms with E-state index in [1.807, 2.05) is 6.07 Å². The number of likely N-dealkylation sites (tertiary alicyclic amines) is 1. The Hall–Kier alpha value is -1.44. The maximum Gasteiger partial charge on any atom is 0.326 e. The first-order valence-corrected chi connectivity index (χ1v) is 8.49. The van der Waals surface area contributed by atoms with Crippen LogP contribution in [0.15, 0.2) is 12.1 Å². The first-order chi connectivity index (χ1) is 10.9. The lowest BCUT2D eigenvalue weighted by atomic mass is 9.78. The number of amides is 2. The molecule has 0 aliphatic carbocycles. The van der Waals surface area contributed by atoms with Crippen LogP contribution in [0, 0.1) is 11.8 Å². The Balaban J connectivity index is 2.13. The number of hydrogen-bond acceptors (Lipinski definition) is 6. The van der Waals surface area contributed by atoms with Gasteiger partial charge in [0.05, 0.1) is 29.3 Å². The maximum absolute atomic E-state index is 12.6. The number of carbonyl (C=O) groups excluding carboxylic acids is 3. The topological polar surface area (TPSA) is 75.7 Å². The largest absolute Gasteiger partial charge is 0.468 e. The van der Waals surface area contributed by atoms with Crippen molar-refractivity contribution < 1.29 is 19.1 Å². The molecule has 6 nitrogen and oxygen atoms in total. The number of esters is 1. The quantitative estimate of drug-likeness (QED) is 0.657. The van der Waals surface area contributed by atoms with Gasteiger partial charge in [-0.15, -0.1) is 11.3 Å². The van der Waals surface area contributed by atoms with E-state index in [-0.39, 0.29) is 11.8 Å². The Morgan fingerprint density at radius 1 is 1.43 bits per heavy atom. The third-order valence-corrected chi connectivity index (χ3v) is 6.20. The van der Waals surface area contributed by atoms with E-state index in [9.17, 15) is 14.4 Å². The van der Waals surface area contributed by atoms with Crippen molar-refractivity contribution >= 4 is 40.7 Å². The number of methoxy groups -OCH3 is 1. The van der Waals surface area contributed by atoms with Crippen LogP contribution in [0.2, 0.25) is 4.34 Å². The highest BCUT2D eigenvalue weighted by molar-refractivity contribution is 7.16. The number of thiophene rings is 1. The Morgan fingerprint density at radius 2 is 2.13 bits per heavy atom. The van der Waals surface area contributed by atoms with Gasteiger partial charge in [0.15, 0.2) is 0 Å². The number of nitrogens with zero attached hydrogens (tertiary/aromatic N) is 1. The third kappa shape index (κ3) is 2.14. The number of fused-ring (bicyclic) bond motifs is 1. The summed E-state index contributed by atoms with van der Waals surface area (Å²) >= 11 is 7.34. The first-order valence-electron chi connectivity index (χ1n) is 7.30. The second-order valence-corrected chi connectivity index (χ2v) is 7.57. The molecule has 3 rings (SSSR count). The molecule has 23 heavy (non-hydrogen) atoms. The number of ether oxygens (including phenoxy) is 1. The molecule has 0 bridgehead atoms.